The van der Waals surface area contributed by atoms with Crippen LogP contribution in [-0.4, -0.2) is 15.5 Å². The predicted octanol–water partition coefficient (Wildman–Crippen LogP) is 4.74. The number of carbonyl (C=O) groups excluding carboxylic acids is 1. The van der Waals surface area contributed by atoms with Crippen molar-refractivity contribution in [3.8, 4) is 0 Å². The van der Waals surface area contributed by atoms with E-state index in [1.165, 1.54) is 5.56 Å². The first-order valence-electron chi connectivity index (χ1n) is 11.4. The van der Waals surface area contributed by atoms with Crippen LogP contribution < -0.4 is 10.9 Å². The Balaban J connectivity index is 1.50. The number of para-hydroxylation sites is 1. The fourth-order valence-corrected chi connectivity index (χ4v) is 4.14. The quantitative estimate of drug-likeness (QED) is 0.576. The third kappa shape index (κ3) is 4.71. The lowest BCUT2D eigenvalue weighted by atomic mass is 9.94. The largest absolute Gasteiger partial charge is 0.349 e. The van der Waals surface area contributed by atoms with E-state index in [2.05, 4.69) is 50.4 Å². The molecule has 1 atom stereocenters. The number of amides is 1. The van der Waals surface area contributed by atoms with E-state index in [-0.39, 0.29) is 29.5 Å². The van der Waals surface area contributed by atoms with Crippen molar-refractivity contribution in [3.63, 3.8) is 0 Å². The van der Waals surface area contributed by atoms with Crippen LogP contribution in [0.15, 0.2) is 53.3 Å². The van der Waals surface area contributed by atoms with Gasteiger partial charge in [0.25, 0.3) is 5.56 Å². The molecule has 4 rings (SSSR count). The van der Waals surface area contributed by atoms with Crippen LogP contribution in [0.4, 0.5) is 0 Å². The summed E-state index contributed by atoms with van der Waals surface area (Å²) in [6.07, 6.45) is 3.78. The molecule has 1 heterocycles. The van der Waals surface area contributed by atoms with Crippen LogP contribution >= 0.6 is 0 Å². The number of fused-ring (bicyclic) bond motifs is 1. The molecule has 162 valence electrons. The summed E-state index contributed by atoms with van der Waals surface area (Å²) in [7, 11) is 0. The molecule has 31 heavy (non-hydrogen) atoms. The van der Waals surface area contributed by atoms with Gasteiger partial charge in [0.15, 0.2) is 0 Å². The molecule has 0 bridgehead atoms. The molecular weight excluding hydrogens is 386 g/mol. The normalized spacial score (nSPS) is 14.7. The lowest BCUT2D eigenvalue weighted by Crippen LogP contribution is -2.32. The fourth-order valence-electron chi connectivity index (χ4n) is 4.14. The predicted molar refractivity (Wildman–Crippen MR) is 124 cm³/mol. The first-order chi connectivity index (χ1) is 15.0. The van der Waals surface area contributed by atoms with Crippen LogP contribution in [0.25, 0.3) is 10.9 Å². The van der Waals surface area contributed by atoms with Crippen molar-refractivity contribution in [2.24, 2.45) is 5.92 Å². The van der Waals surface area contributed by atoms with Crippen molar-refractivity contribution in [1.82, 2.24) is 14.9 Å². The van der Waals surface area contributed by atoms with E-state index in [1.54, 1.807) is 0 Å². The van der Waals surface area contributed by atoms with Gasteiger partial charge in [-0.3, -0.25) is 14.2 Å². The molecule has 1 saturated carbocycles. The Kier molecular flexibility index (Phi) is 6.21. The highest BCUT2D eigenvalue weighted by Crippen LogP contribution is 2.35. The number of hydrogen-bond acceptors (Lipinski definition) is 3. The maximum atomic E-state index is 13.0. The lowest BCUT2D eigenvalue weighted by molar-refractivity contribution is -0.122. The molecule has 1 unspecified atom stereocenters. The van der Waals surface area contributed by atoms with Gasteiger partial charge < -0.3 is 5.32 Å². The second kappa shape index (κ2) is 9.04. The first kappa shape index (κ1) is 21.3. The third-order valence-electron chi connectivity index (χ3n) is 6.10. The van der Waals surface area contributed by atoms with Gasteiger partial charge in [0.05, 0.1) is 16.9 Å². The monoisotopic (exact) mass is 417 g/mol. The summed E-state index contributed by atoms with van der Waals surface area (Å²) < 4.78 is 1.82. The summed E-state index contributed by atoms with van der Waals surface area (Å²) in [6.45, 7) is 6.38. The van der Waals surface area contributed by atoms with Gasteiger partial charge in [0.2, 0.25) is 5.91 Å². The number of carbonyl (C=O) groups is 1. The number of benzene rings is 2. The van der Waals surface area contributed by atoms with Crippen molar-refractivity contribution in [2.45, 2.75) is 65.0 Å². The number of aryl methyl sites for hydroxylation is 2. The van der Waals surface area contributed by atoms with Crippen LogP contribution in [0.3, 0.4) is 0 Å². The maximum absolute atomic E-state index is 13.0. The van der Waals surface area contributed by atoms with Crippen LogP contribution in [0.1, 0.15) is 69.1 Å². The molecule has 1 fully saturated rings. The summed E-state index contributed by atoms with van der Waals surface area (Å²) in [5.41, 5.74) is 3.13. The molecule has 1 aliphatic carbocycles. The standard InChI is InChI=1S/C26H31N3O2/c1-4-18-9-11-19(12-10-18)25(17(2)3)28-24(30)16-15-23-27-22-8-6-5-7-21(22)26(31)29(23)20-13-14-20/h5-12,17,20,25H,4,13-16H2,1-3H3,(H,28,30). The van der Waals surface area contributed by atoms with E-state index in [1.807, 2.05) is 28.8 Å². The summed E-state index contributed by atoms with van der Waals surface area (Å²) in [5.74, 6) is 0.984. The zero-order valence-corrected chi connectivity index (χ0v) is 18.6. The maximum Gasteiger partial charge on any atom is 0.261 e. The van der Waals surface area contributed by atoms with Crippen molar-refractivity contribution in [1.29, 1.82) is 0 Å². The van der Waals surface area contributed by atoms with Crippen molar-refractivity contribution in [2.75, 3.05) is 0 Å². The lowest BCUT2D eigenvalue weighted by Gasteiger charge is -2.23. The Hall–Kier alpha value is -2.95. The molecule has 1 N–H and O–H groups in total. The van der Waals surface area contributed by atoms with Gasteiger partial charge in [-0.25, -0.2) is 4.98 Å². The van der Waals surface area contributed by atoms with E-state index in [0.29, 0.717) is 23.7 Å². The van der Waals surface area contributed by atoms with Crippen LogP contribution in [-0.2, 0) is 17.6 Å². The molecule has 0 saturated heterocycles. The smallest absolute Gasteiger partial charge is 0.261 e. The minimum Gasteiger partial charge on any atom is -0.349 e. The first-order valence-corrected chi connectivity index (χ1v) is 11.4. The Bertz CT molecular complexity index is 1130. The number of nitrogens with zero attached hydrogens (tertiary/aromatic N) is 2. The van der Waals surface area contributed by atoms with Crippen molar-refractivity contribution < 1.29 is 4.79 Å². The highest BCUT2D eigenvalue weighted by atomic mass is 16.1. The number of nitrogens with one attached hydrogen (secondary N) is 1. The molecule has 1 amide bonds. The van der Waals surface area contributed by atoms with Crippen LogP contribution in [0.2, 0.25) is 0 Å². The summed E-state index contributed by atoms with van der Waals surface area (Å²) in [4.78, 5) is 30.6. The van der Waals surface area contributed by atoms with Gasteiger partial charge in [-0.2, -0.15) is 0 Å². The van der Waals surface area contributed by atoms with Gasteiger partial charge in [-0.05, 0) is 48.4 Å². The third-order valence-corrected chi connectivity index (χ3v) is 6.10. The Morgan fingerprint density at radius 2 is 1.84 bits per heavy atom. The average molecular weight is 418 g/mol. The highest BCUT2D eigenvalue weighted by Gasteiger charge is 2.28. The van der Waals surface area contributed by atoms with Gasteiger partial charge in [-0.1, -0.05) is 57.2 Å². The molecule has 0 aliphatic heterocycles. The van der Waals surface area contributed by atoms with E-state index in [0.717, 1.165) is 30.7 Å². The highest BCUT2D eigenvalue weighted by molar-refractivity contribution is 5.78. The molecule has 5 heteroatoms. The summed E-state index contributed by atoms with van der Waals surface area (Å²) in [6, 6.07) is 16.1. The molecule has 2 aromatic carbocycles. The second-order valence-electron chi connectivity index (χ2n) is 8.84. The number of hydrogen-bond donors (Lipinski definition) is 1. The average Bonchev–Trinajstić information content (AvgIpc) is 3.61. The molecule has 0 spiro atoms. The molecule has 1 aliphatic rings. The number of aromatic nitrogens is 2. The van der Waals surface area contributed by atoms with E-state index in [4.69, 9.17) is 4.98 Å². The molecule has 0 radical (unpaired) electrons. The van der Waals surface area contributed by atoms with Crippen LogP contribution in [0.5, 0.6) is 0 Å². The van der Waals surface area contributed by atoms with E-state index < -0.39 is 0 Å². The molecular formula is C26H31N3O2. The Morgan fingerprint density at radius 3 is 2.48 bits per heavy atom. The zero-order chi connectivity index (χ0) is 22.0. The zero-order valence-electron chi connectivity index (χ0n) is 18.6. The molecule has 3 aromatic rings. The van der Waals surface area contributed by atoms with Gasteiger partial charge in [0.1, 0.15) is 5.82 Å². The van der Waals surface area contributed by atoms with Gasteiger partial charge in [-0.15, -0.1) is 0 Å². The minimum atomic E-state index is -0.0337. The molecule has 1 aromatic heterocycles. The van der Waals surface area contributed by atoms with Crippen LogP contribution in [0, 0.1) is 5.92 Å². The van der Waals surface area contributed by atoms with E-state index >= 15 is 0 Å². The van der Waals surface area contributed by atoms with Crippen molar-refractivity contribution in [3.05, 3.63) is 75.8 Å². The summed E-state index contributed by atoms with van der Waals surface area (Å²) in [5, 5.41) is 3.85. The Labute approximate surface area is 183 Å². The Morgan fingerprint density at radius 1 is 1.13 bits per heavy atom. The topological polar surface area (TPSA) is 64.0 Å². The van der Waals surface area contributed by atoms with Gasteiger partial charge in [0, 0.05) is 18.9 Å². The van der Waals surface area contributed by atoms with Gasteiger partial charge >= 0.3 is 0 Å². The SMILES string of the molecule is CCc1ccc(C(NC(=O)CCc2nc3ccccc3c(=O)n2C2CC2)C(C)C)cc1. The fraction of sp³-hybridized carbons (Fsp3) is 0.423. The summed E-state index contributed by atoms with van der Waals surface area (Å²) >= 11 is 0. The second-order valence-corrected chi connectivity index (χ2v) is 8.84. The van der Waals surface area contributed by atoms with Crippen molar-refractivity contribution >= 4 is 16.8 Å². The minimum absolute atomic E-state index is 0.0111. The molecule has 5 nitrogen and oxygen atoms in total. The number of rotatable bonds is 8. The van der Waals surface area contributed by atoms with E-state index in [9.17, 15) is 9.59 Å².